The van der Waals surface area contributed by atoms with Crippen molar-refractivity contribution < 1.29 is 19.4 Å². The molecule has 9 heteroatoms. The van der Waals surface area contributed by atoms with Crippen molar-refractivity contribution in [3.8, 4) is 9.88 Å². The van der Waals surface area contributed by atoms with Gasteiger partial charge in [-0.3, -0.25) is 4.79 Å². The number of amides is 1. The van der Waals surface area contributed by atoms with Crippen LogP contribution in [-0.2, 0) is 9.53 Å². The first-order chi connectivity index (χ1) is 10.8. The third-order valence-corrected chi connectivity index (χ3v) is 5.64. The molecule has 0 aromatic carbocycles. The minimum absolute atomic E-state index is 0.140. The molecule has 0 bridgehead atoms. The molecule has 0 fully saturated rings. The lowest BCUT2D eigenvalue weighted by molar-refractivity contribution is -0.145. The van der Waals surface area contributed by atoms with Crippen molar-refractivity contribution in [1.82, 2.24) is 10.3 Å². The lowest BCUT2D eigenvalue weighted by Crippen LogP contribution is -2.55. The molecule has 0 saturated carbocycles. The molecule has 2 aromatic rings. The topological polar surface area (TPSA) is 88.5 Å². The molecule has 0 aliphatic heterocycles. The van der Waals surface area contributed by atoms with Gasteiger partial charge in [0, 0.05) is 7.11 Å². The van der Waals surface area contributed by atoms with Gasteiger partial charge >= 0.3 is 5.97 Å². The van der Waals surface area contributed by atoms with Crippen LogP contribution in [0, 0.1) is 6.92 Å². The first-order valence-electron chi connectivity index (χ1n) is 6.55. The van der Waals surface area contributed by atoms with Gasteiger partial charge in [0.05, 0.1) is 21.5 Å². The Morgan fingerprint density at radius 2 is 2.13 bits per heavy atom. The minimum Gasteiger partial charge on any atom is -0.479 e. The van der Waals surface area contributed by atoms with Gasteiger partial charge in [-0.05, 0) is 26.0 Å². The summed E-state index contributed by atoms with van der Waals surface area (Å²) in [6.45, 7) is 2.96. The molecule has 6 nitrogen and oxygen atoms in total. The molecule has 0 aliphatic rings. The van der Waals surface area contributed by atoms with Crippen LogP contribution in [-0.4, -0.2) is 41.2 Å². The van der Waals surface area contributed by atoms with Crippen molar-refractivity contribution in [2.24, 2.45) is 0 Å². The van der Waals surface area contributed by atoms with Gasteiger partial charge in [-0.25, -0.2) is 9.78 Å². The second-order valence-corrected chi connectivity index (χ2v) is 7.78. The van der Waals surface area contributed by atoms with Crippen molar-refractivity contribution in [3.05, 3.63) is 27.0 Å². The monoisotopic (exact) mass is 374 g/mol. The van der Waals surface area contributed by atoms with Crippen molar-refractivity contribution in [3.63, 3.8) is 0 Å². The molecule has 1 amide bonds. The fourth-order valence-corrected chi connectivity index (χ4v) is 3.95. The van der Waals surface area contributed by atoms with Gasteiger partial charge in [0.1, 0.15) is 9.88 Å². The standard InChI is InChI=1S/C14H15ClN2O4S2/c1-7-10(11(18)17-14(2,6-21-3)13(19)20)23-12(16-7)8-4-5-9(15)22-8/h4-5H,6H2,1-3H3,(H,17,18)(H,19,20). The van der Waals surface area contributed by atoms with Crippen LogP contribution in [0.3, 0.4) is 0 Å². The van der Waals surface area contributed by atoms with Gasteiger partial charge in [0.25, 0.3) is 5.91 Å². The number of aryl methyl sites for hydroxylation is 1. The minimum atomic E-state index is -1.51. The first-order valence-corrected chi connectivity index (χ1v) is 8.56. The smallest absolute Gasteiger partial charge is 0.331 e. The molecule has 0 radical (unpaired) electrons. The van der Waals surface area contributed by atoms with Crippen LogP contribution < -0.4 is 5.32 Å². The highest BCUT2D eigenvalue weighted by Gasteiger charge is 2.36. The Morgan fingerprint density at radius 3 is 2.65 bits per heavy atom. The number of nitrogens with zero attached hydrogens (tertiary/aromatic N) is 1. The molecular weight excluding hydrogens is 360 g/mol. The largest absolute Gasteiger partial charge is 0.479 e. The maximum Gasteiger partial charge on any atom is 0.331 e. The number of halogens is 1. The van der Waals surface area contributed by atoms with Gasteiger partial charge in [0.2, 0.25) is 0 Å². The van der Waals surface area contributed by atoms with Crippen LogP contribution in [0.15, 0.2) is 12.1 Å². The van der Waals surface area contributed by atoms with Crippen molar-refractivity contribution in [1.29, 1.82) is 0 Å². The predicted molar refractivity (Wildman–Crippen MR) is 90.6 cm³/mol. The molecule has 2 heterocycles. The highest BCUT2D eigenvalue weighted by molar-refractivity contribution is 7.24. The maximum atomic E-state index is 12.4. The molecule has 1 unspecified atom stereocenters. The number of thiazole rings is 1. The number of carboxylic acid groups (broad SMARTS) is 1. The van der Waals surface area contributed by atoms with Crippen LogP contribution in [0.1, 0.15) is 22.3 Å². The number of rotatable bonds is 6. The van der Waals surface area contributed by atoms with E-state index in [1.807, 2.05) is 6.07 Å². The van der Waals surface area contributed by atoms with Crippen LogP contribution in [0.25, 0.3) is 9.88 Å². The maximum absolute atomic E-state index is 12.4. The van der Waals surface area contributed by atoms with Crippen molar-refractivity contribution in [2.45, 2.75) is 19.4 Å². The summed E-state index contributed by atoms with van der Waals surface area (Å²) in [4.78, 5) is 29.4. The zero-order valence-electron chi connectivity index (χ0n) is 12.7. The van der Waals surface area contributed by atoms with E-state index in [1.165, 1.54) is 36.7 Å². The summed E-state index contributed by atoms with van der Waals surface area (Å²) in [6.07, 6.45) is 0. The molecule has 0 saturated heterocycles. The molecule has 0 spiro atoms. The second kappa shape index (κ2) is 6.96. The van der Waals surface area contributed by atoms with Gasteiger partial charge < -0.3 is 15.2 Å². The number of carbonyl (C=O) groups excluding carboxylic acids is 1. The summed E-state index contributed by atoms with van der Waals surface area (Å²) in [5.74, 6) is -1.66. The summed E-state index contributed by atoms with van der Waals surface area (Å²) >= 11 is 8.48. The predicted octanol–water partition coefficient (Wildman–Crippen LogP) is 3.05. The van der Waals surface area contributed by atoms with Gasteiger partial charge in [-0.15, -0.1) is 22.7 Å². The lowest BCUT2D eigenvalue weighted by Gasteiger charge is -2.24. The molecule has 0 aliphatic carbocycles. The summed E-state index contributed by atoms with van der Waals surface area (Å²) < 4.78 is 5.53. The number of ether oxygens (including phenoxy) is 1. The fourth-order valence-electron chi connectivity index (χ4n) is 1.89. The molecule has 124 valence electrons. The lowest BCUT2D eigenvalue weighted by atomic mass is 10.0. The Hall–Kier alpha value is -1.48. The van der Waals surface area contributed by atoms with Crippen molar-refractivity contribution in [2.75, 3.05) is 13.7 Å². The van der Waals surface area contributed by atoms with E-state index in [2.05, 4.69) is 10.3 Å². The van der Waals surface area contributed by atoms with Gasteiger partial charge in [-0.2, -0.15) is 0 Å². The highest BCUT2D eigenvalue weighted by atomic mass is 35.5. The van der Waals surface area contributed by atoms with E-state index in [1.54, 1.807) is 13.0 Å². The highest BCUT2D eigenvalue weighted by Crippen LogP contribution is 2.35. The Balaban J connectivity index is 2.26. The zero-order valence-corrected chi connectivity index (χ0v) is 15.1. The molecule has 23 heavy (non-hydrogen) atoms. The summed E-state index contributed by atoms with van der Waals surface area (Å²) in [6, 6.07) is 3.59. The SMILES string of the molecule is COCC(C)(NC(=O)c1sc(-c2ccc(Cl)s2)nc1C)C(=O)O. The van der Waals surface area contributed by atoms with E-state index in [4.69, 9.17) is 16.3 Å². The molecule has 2 aromatic heterocycles. The third kappa shape index (κ3) is 3.89. The Labute approximate surface area is 146 Å². The first kappa shape index (κ1) is 17.9. The van der Waals surface area contributed by atoms with Crippen LogP contribution >= 0.6 is 34.3 Å². The van der Waals surface area contributed by atoms with E-state index >= 15 is 0 Å². The summed E-state index contributed by atoms with van der Waals surface area (Å²) in [5, 5.41) is 12.5. The third-order valence-electron chi connectivity index (χ3n) is 3.08. The quantitative estimate of drug-likeness (QED) is 0.811. The second-order valence-electron chi connectivity index (χ2n) is 5.06. The molecule has 2 rings (SSSR count). The fraction of sp³-hybridized carbons (Fsp3) is 0.357. The van der Waals surface area contributed by atoms with E-state index in [0.717, 1.165) is 4.88 Å². The van der Waals surface area contributed by atoms with E-state index < -0.39 is 17.4 Å². The number of carbonyl (C=O) groups is 2. The number of aliphatic carboxylic acids is 1. The number of thiophene rings is 1. The van der Waals surface area contributed by atoms with Gasteiger partial charge in [0.15, 0.2) is 5.54 Å². The summed E-state index contributed by atoms with van der Waals surface area (Å²) in [7, 11) is 1.38. The number of hydrogen-bond donors (Lipinski definition) is 2. The molecular formula is C14H15ClN2O4S2. The average Bonchev–Trinajstić information content (AvgIpc) is 3.04. The number of methoxy groups -OCH3 is 1. The number of nitrogens with one attached hydrogen (secondary N) is 1. The van der Waals surface area contributed by atoms with E-state index in [0.29, 0.717) is 19.9 Å². The molecule has 1 atom stereocenters. The van der Waals surface area contributed by atoms with E-state index in [-0.39, 0.29) is 6.61 Å². The Bertz CT molecular complexity index is 743. The number of hydrogen-bond acceptors (Lipinski definition) is 6. The number of carboxylic acids is 1. The number of aromatic nitrogens is 1. The average molecular weight is 375 g/mol. The van der Waals surface area contributed by atoms with Crippen LogP contribution in [0.5, 0.6) is 0 Å². The van der Waals surface area contributed by atoms with Crippen LogP contribution in [0.4, 0.5) is 0 Å². The Morgan fingerprint density at radius 1 is 1.43 bits per heavy atom. The van der Waals surface area contributed by atoms with E-state index in [9.17, 15) is 14.7 Å². The van der Waals surface area contributed by atoms with Gasteiger partial charge in [-0.1, -0.05) is 11.6 Å². The zero-order chi connectivity index (χ0) is 17.2. The Kier molecular flexibility index (Phi) is 5.41. The van der Waals surface area contributed by atoms with Crippen molar-refractivity contribution >= 4 is 46.2 Å². The molecule has 2 N–H and O–H groups in total. The summed E-state index contributed by atoms with van der Waals surface area (Å²) in [5.41, 5.74) is -0.966. The normalized spacial score (nSPS) is 13.6. The van der Waals surface area contributed by atoms with Crippen LogP contribution in [0.2, 0.25) is 4.34 Å².